The molecule has 2 N–H and O–H groups in total. The van der Waals surface area contributed by atoms with Gasteiger partial charge in [0.15, 0.2) is 0 Å². The van der Waals surface area contributed by atoms with Crippen molar-refractivity contribution < 1.29 is 18.1 Å². The van der Waals surface area contributed by atoms with E-state index in [1.807, 2.05) is 0 Å². The summed E-state index contributed by atoms with van der Waals surface area (Å²) in [6, 6.07) is 11.2. The second-order valence-electron chi connectivity index (χ2n) is 5.52. The van der Waals surface area contributed by atoms with Crippen LogP contribution >= 0.6 is 15.9 Å². The third-order valence-electron chi connectivity index (χ3n) is 3.54. The molecule has 28 heavy (non-hydrogen) atoms. The van der Waals surface area contributed by atoms with Crippen molar-refractivity contribution in [3.05, 3.63) is 75.0 Å². The standard InChI is InChI=1S/C17H11BrF3N5O2/c18-11-4-2-6-13(8-11)25-16-14(26(27)28)15(22-9-23-16)24-12-5-1-3-10(7-12)17(19,20)21/h1-9H,(H2,22,23,24,25). The van der Waals surface area contributed by atoms with Crippen LogP contribution in [-0.2, 0) is 6.18 Å². The van der Waals surface area contributed by atoms with Gasteiger partial charge in [0, 0.05) is 15.8 Å². The Morgan fingerprint density at radius 1 is 0.964 bits per heavy atom. The van der Waals surface area contributed by atoms with Crippen LogP contribution in [0.1, 0.15) is 5.56 Å². The lowest BCUT2D eigenvalue weighted by Gasteiger charge is -2.12. The summed E-state index contributed by atoms with van der Waals surface area (Å²) >= 11 is 3.29. The summed E-state index contributed by atoms with van der Waals surface area (Å²) < 4.78 is 39.4. The number of nitrogens with zero attached hydrogens (tertiary/aromatic N) is 3. The number of rotatable bonds is 5. The zero-order valence-electron chi connectivity index (χ0n) is 13.9. The van der Waals surface area contributed by atoms with Crippen LogP contribution in [-0.4, -0.2) is 14.9 Å². The fourth-order valence-corrected chi connectivity index (χ4v) is 2.75. The largest absolute Gasteiger partial charge is 0.416 e. The number of nitrogens with one attached hydrogen (secondary N) is 2. The highest BCUT2D eigenvalue weighted by molar-refractivity contribution is 9.10. The molecule has 3 rings (SSSR count). The Hall–Kier alpha value is -3.21. The van der Waals surface area contributed by atoms with E-state index in [1.165, 1.54) is 12.1 Å². The van der Waals surface area contributed by atoms with Gasteiger partial charge in [0.1, 0.15) is 6.33 Å². The second kappa shape index (κ2) is 7.80. The van der Waals surface area contributed by atoms with E-state index in [2.05, 4.69) is 36.5 Å². The number of anilines is 4. The zero-order chi connectivity index (χ0) is 20.3. The highest BCUT2D eigenvalue weighted by Gasteiger charge is 2.31. The van der Waals surface area contributed by atoms with Crippen LogP contribution < -0.4 is 10.6 Å². The van der Waals surface area contributed by atoms with E-state index in [4.69, 9.17) is 0 Å². The predicted molar refractivity (Wildman–Crippen MR) is 101 cm³/mol. The smallest absolute Gasteiger partial charge is 0.334 e. The molecule has 1 heterocycles. The molecule has 1 aromatic heterocycles. The van der Waals surface area contributed by atoms with Gasteiger partial charge in [0.25, 0.3) is 0 Å². The van der Waals surface area contributed by atoms with E-state index in [9.17, 15) is 23.3 Å². The average molecular weight is 454 g/mol. The minimum atomic E-state index is -4.54. The van der Waals surface area contributed by atoms with Crippen molar-refractivity contribution in [3.63, 3.8) is 0 Å². The molecule has 3 aromatic rings. The molecule has 0 atom stereocenters. The minimum Gasteiger partial charge on any atom is -0.334 e. The van der Waals surface area contributed by atoms with E-state index >= 15 is 0 Å². The minimum absolute atomic E-state index is 0.00466. The first-order chi connectivity index (χ1) is 13.2. The Kier molecular flexibility index (Phi) is 5.45. The Bertz CT molecular complexity index is 1030. The third kappa shape index (κ3) is 4.55. The number of hydrogen-bond acceptors (Lipinski definition) is 6. The molecule has 0 radical (unpaired) electrons. The highest BCUT2D eigenvalue weighted by Crippen LogP contribution is 2.35. The van der Waals surface area contributed by atoms with Gasteiger partial charge in [0.05, 0.1) is 10.5 Å². The monoisotopic (exact) mass is 453 g/mol. The molecule has 0 saturated heterocycles. The Labute approximate surface area is 164 Å². The summed E-state index contributed by atoms with van der Waals surface area (Å²) in [4.78, 5) is 18.6. The summed E-state index contributed by atoms with van der Waals surface area (Å²) in [5, 5.41) is 16.9. The van der Waals surface area contributed by atoms with Crippen LogP contribution in [0.25, 0.3) is 0 Å². The summed E-state index contributed by atoms with van der Waals surface area (Å²) in [6.07, 6.45) is -3.47. The molecular formula is C17H11BrF3N5O2. The van der Waals surface area contributed by atoms with Crippen LogP contribution in [0.4, 0.5) is 41.9 Å². The van der Waals surface area contributed by atoms with E-state index in [1.54, 1.807) is 24.3 Å². The van der Waals surface area contributed by atoms with Gasteiger partial charge >= 0.3 is 11.9 Å². The Morgan fingerprint density at radius 3 is 2.07 bits per heavy atom. The van der Waals surface area contributed by atoms with Gasteiger partial charge in [-0.1, -0.05) is 28.1 Å². The molecule has 0 unspecified atom stereocenters. The lowest BCUT2D eigenvalue weighted by molar-refractivity contribution is -0.383. The molecule has 0 spiro atoms. The maximum absolute atomic E-state index is 12.9. The van der Waals surface area contributed by atoms with Gasteiger partial charge in [-0.2, -0.15) is 13.2 Å². The molecule has 7 nitrogen and oxygen atoms in total. The topological polar surface area (TPSA) is 93.0 Å². The normalized spacial score (nSPS) is 11.1. The first-order valence-corrected chi connectivity index (χ1v) is 8.49. The zero-order valence-corrected chi connectivity index (χ0v) is 15.5. The molecule has 0 bridgehead atoms. The molecule has 0 amide bonds. The molecule has 11 heteroatoms. The van der Waals surface area contributed by atoms with Gasteiger partial charge in [-0.05, 0) is 36.4 Å². The van der Waals surface area contributed by atoms with Crippen molar-refractivity contribution in [1.29, 1.82) is 0 Å². The molecule has 0 aliphatic heterocycles. The molecule has 0 aliphatic carbocycles. The van der Waals surface area contributed by atoms with E-state index < -0.39 is 22.4 Å². The lowest BCUT2D eigenvalue weighted by atomic mass is 10.2. The van der Waals surface area contributed by atoms with Crippen LogP contribution in [0.3, 0.4) is 0 Å². The number of hydrogen-bond donors (Lipinski definition) is 2. The van der Waals surface area contributed by atoms with Gasteiger partial charge < -0.3 is 10.6 Å². The number of nitro groups is 1. The molecular weight excluding hydrogens is 443 g/mol. The summed E-state index contributed by atoms with van der Waals surface area (Å²) in [5.41, 5.74) is -0.854. The first-order valence-electron chi connectivity index (χ1n) is 7.70. The number of benzene rings is 2. The average Bonchev–Trinajstić information content (AvgIpc) is 2.61. The predicted octanol–water partition coefficient (Wildman–Crippen LogP) is 5.65. The van der Waals surface area contributed by atoms with E-state index in [-0.39, 0.29) is 17.3 Å². The highest BCUT2D eigenvalue weighted by atomic mass is 79.9. The fraction of sp³-hybridized carbons (Fsp3) is 0.0588. The van der Waals surface area contributed by atoms with Crippen molar-refractivity contribution in [2.24, 2.45) is 0 Å². The van der Waals surface area contributed by atoms with Gasteiger partial charge in [-0.15, -0.1) is 0 Å². The summed E-state index contributed by atoms with van der Waals surface area (Å²) in [6.45, 7) is 0. The van der Waals surface area contributed by atoms with Crippen LogP contribution in [0, 0.1) is 10.1 Å². The second-order valence-corrected chi connectivity index (χ2v) is 6.43. The quantitative estimate of drug-likeness (QED) is 0.382. The van der Waals surface area contributed by atoms with Crippen LogP contribution in [0.2, 0.25) is 0 Å². The van der Waals surface area contributed by atoms with Gasteiger partial charge in [-0.3, -0.25) is 10.1 Å². The number of aromatic nitrogens is 2. The molecule has 0 fully saturated rings. The molecule has 0 saturated carbocycles. The van der Waals surface area contributed by atoms with Crippen molar-refractivity contribution in [3.8, 4) is 0 Å². The third-order valence-corrected chi connectivity index (χ3v) is 4.04. The van der Waals surface area contributed by atoms with Gasteiger partial charge in [-0.25, -0.2) is 9.97 Å². The van der Waals surface area contributed by atoms with Crippen molar-refractivity contribution >= 4 is 44.6 Å². The number of alkyl halides is 3. The Morgan fingerprint density at radius 2 is 1.54 bits per heavy atom. The number of halogens is 4. The fourth-order valence-electron chi connectivity index (χ4n) is 2.35. The maximum atomic E-state index is 12.9. The summed E-state index contributed by atoms with van der Waals surface area (Å²) in [5.74, 6) is -0.343. The lowest BCUT2D eigenvalue weighted by Crippen LogP contribution is -2.07. The first kappa shape index (κ1) is 19.5. The molecule has 2 aromatic carbocycles. The van der Waals surface area contributed by atoms with Crippen molar-refractivity contribution in [2.45, 2.75) is 6.18 Å². The maximum Gasteiger partial charge on any atom is 0.416 e. The van der Waals surface area contributed by atoms with E-state index in [0.717, 1.165) is 22.9 Å². The van der Waals surface area contributed by atoms with Gasteiger partial charge in [0.2, 0.25) is 11.6 Å². The van der Waals surface area contributed by atoms with E-state index in [0.29, 0.717) is 5.69 Å². The molecule has 0 aliphatic rings. The SMILES string of the molecule is O=[N+]([O-])c1c(Nc2cccc(Br)c2)ncnc1Nc1cccc(C(F)(F)F)c1. The summed E-state index contributed by atoms with van der Waals surface area (Å²) in [7, 11) is 0. The van der Waals surface area contributed by atoms with Crippen LogP contribution in [0.15, 0.2) is 59.3 Å². The van der Waals surface area contributed by atoms with Crippen molar-refractivity contribution in [1.82, 2.24) is 9.97 Å². The molecule has 144 valence electrons. The Balaban J connectivity index is 1.97. The van der Waals surface area contributed by atoms with Crippen molar-refractivity contribution in [2.75, 3.05) is 10.6 Å². The van der Waals surface area contributed by atoms with Crippen LogP contribution in [0.5, 0.6) is 0 Å².